The van der Waals surface area contributed by atoms with Crippen LogP contribution in [-0.4, -0.2) is 35.2 Å². The number of aliphatic hydroxyl groups is 1. The number of carbonyl (C=O) groups is 1. The van der Waals surface area contributed by atoms with Gasteiger partial charge in [0.15, 0.2) is 0 Å². The van der Waals surface area contributed by atoms with Crippen molar-refractivity contribution in [3.05, 3.63) is 34.9 Å². The summed E-state index contributed by atoms with van der Waals surface area (Å²) in [4.78, 5) is 12.1. The monoisotopic (exact) mass is 313 g/mol. The number of benzene rings is 1. The first-order valence-corrected chi connectivity index (χ1v) is 8.44. The molecule has 1 aliphatic carbocycles. The van der Waals surface area contributed by atoms with Crippen LogP contribution in [0.15, 0.2) is 24.3 Å². The highest BCUT2D eigenvalue weighted by Crippen LogP contribution is 2.47. The topological polar surface area (TPSA) is 49.3 Å². The number of thioether (sulfide) groups is 1. The third-order valence-electron chi connectivity index (χ3n) is 3.52. The van der Waals surface area contributed by atoms with Gasteiger partial charge in [-0.1, -0.05) is 23.7 Å². The lowest BCUT2D eigenvalue weighted by Gasteiger charge is -2.22. The highest BCUT2D eigenvalue weighted by atomic mass is 35.5. The lowest BCUT2D eigenvalue weighted by molar-refractivity contribution is -0.123. The summed E-state index contributed by atoms with van der Waals surface area (Å²) in [5.74, 6) is 0.962. The second-order valence-electron chi connectivity index (χ2n) is 5.65. The third kappa shape index (κ3) is 4.14. The summed E-state index contributed by atoms with van der Waals surface area (Å²) in [6.07, 6.45) is 2.81. The Morgan fingerprint density at radius 2 is 2.15 bits per heavy atom. The Kier molecular flexibility index (Phi) is 4.99. The molecule has 1 aliphatic rings. The maximum absolute atomic E-state index is 12.1. The van der Waals surface area contributed by atoms with Crippen molar-refractivity contribution in [2.24, 2.45) is 5.92 Å². The van der Waals surface area contributed by atoms with Crippen molar-refractivity contribution in [1.82, 2.24) is 5.32 Å². The van der Waals surface area contributed by atoms with E-state index in [0.29, 0.717) is 17.3 Å². The van der Waals surface area contributed by atoms with Crippen LogP contribution < -0.4 is 5.32 Å². The van der Waals surface area contributed by atoms with E-state index in [4.69, 9.17) is 11.6 Å². The largest absolute Gasteiger partial charge is 0.387 e. The number of rotatable bonds is 6. The fourth-order valence-electron chi connectivity index (χ4n) is 2.33. The van der Waals surface area contributed by atoms with Crippen LogP contribution in [0.5, 0.6) is 0 Å². The van der Waals surface area contributed by atoms with E-state index in [9.17, 15) is 9.90 Å². The highest BCUT2D eigenvalue weighted by Gasteiger charge is 2.44. The number of hydrogen-bond acceptors (Lipinski definition) is 3. The molecule has 20 heavy (non-hydrogen) atoms. The molecular weight excluding hydrogens is 294 g/mol. The van der Waals surface area contributed by atoms with Crippen molar-refractivity contribution in [3.8, 4) is 0 Å². The van der Waals surface area contributed by atoms with Crippen molar-refractivity contribution in [2.75, 3.05) is 18.6 Å². The minimum Gasteiger partial charge on any atom is -0.387 e. The lowest BCUT2D eigenvalue weighted by atomic mass is 10.1. The maximum Gasteiger partial charge on any atom is 0.223 e. The number of carbonyl (C=O) groups excluding carboxylic acids is 1. The van der Waals surface area contributed by atoms with Gasteiger partial charge >= 0.3 is 0 Å². The zero-order valence-corrected chi connectivity index (χ0v) is 13.3. The predicted molar refractivity (Wildman–Crippen MR) is 84.3 cm³/mol. The number of amides is 1. The molecule has 0 spiro atoms. The van der Waals surface area contributed by atoms with Crippen LogP contribution in [0.25, 0.3) is 0 Å². The number of nitrogens with one attached hydrogen (secondary N) is 1. The van der Waals surface area contributed by atoms with Crippen molar-refractivity contribution in [1.29, 1.82) is 0 Å². The first-order chi connectivity index (χ1) is 9.43. The molecule has 3 nitrogen and oxygen atoms in total. The Bertz CT molecular complexity index is 475. The van der Waals surface area contributed by atoms with Crippen LogP contribution in [0.4, 0.5) is 0 Å². The second-order valence-corrected chi connectivity index (χ2v) is 6.95. The van der Waals surface area contributed by atoms with E-state index in [1.807, 2.05) is 30.5 Å². The van der Waals surface area contributed by atoms with E-state index in [1.54, 1.807) is 18.7 Å². The van der Waals surface area contributed by atoms with E-state index in [2.05, 4.69) is 5.32 Å². The van der Waals surface area contributed by atoms with Gasteiger partial charge in [0.25, 0.3) is 0 Å². The first kappa shape index (κ1) is 15.7. The second kappa shape index (κ2) is 6.37. The van der Waals surface area contributed by atoms with Crippen LogP contribution in [0.1, 0.15) is 24.8 Å². The summed E-state index contributed by atoms with van der Waals surface area (Å²) >= 11 is 7.43. The summed E-state index contributed by atoms with van der Waals surface area (Å²) in [5.41, 5.74) is 0.310. The maximum atomic E-state index is 12.1. The van der Waals surface area contributed by atoms with Crippen LogP contribution in [0.3, 0.4) is 0 Å². The summed E-state index contributed by atoms with van der Waals surface area (Å²) < 4.78 is 0. The summed E-state index contributed by atoms with van der Waals surface area (Å²) in [7, 11) is 0. The minimum atomic E-state index is -0.847. The van der Waals surface area contributed by atoms with Crippen LogP contribution in [-0.2, 0) is 4.79 Å². The minimum absolute atomic E-state index is 0.0289. The van der Waals surface area contributed by atoms with Gasteiger partial charge in [-0.15, -0.1) is 0 Å². The molecule has 2 rings (SSSR count). The molecule has 0 radical (unpaired) electrons. The Hall–Kier alpha value is -0.710. The quantitative estimate of drug-likeness (QED) is 0.849. The van der Waals surface area contributed by atoms with Crippen molar-refractivity contribution in [3.63, 3.8) is 0 Å². The smallest absolute Gasteiger partial charge is 0.223 e. The number of halogens is 1. The standard InChI is InChI=1S/C15H20ClNO2S/c1-15(19,9-20-2)8-17-14(18)13-7-12(13)10-3-5-11(16)6-4-10/h3-6,12-13,19H,7-9H2,1-2H3,(H,17,18)/t12-,13-,15+/m1/s1. The van der Waals surface area contributed by atoms with E-state index in [0.717, 1.165) is 12.0 Å². The summed E-state index contributed by atoms with van der Waals surface area (Å²) in [6, 6.07) is 7.66. The van der Waals surface area contributed by atoms with Crippen LogP contribution >= 0.6 is 23.4 Å². The van der Waals surface area contributed by atoms with Crippen LogP contribution in [0, 0.1) is 5.92 Å². The summed E-state index contributed by atoms with van der Waals surface area (Å²) in [5, 5.41) is 13.6. The van der Waals surface area contributed by atoms with Gasteiger partial charge in [0.2, 0.25) is 5.91 Å². The molecule has 0 unspecified atom stereocenters. The molecule has 1 aromatic carbocycles. The van der Waals surface area contributed by atoms with Gasteiger partial charge in [-0.05, 0) is 43.2 Å². The van der Waals surface area contributed by atoms with Crippen LogP contribution in [0.2, 0.25) is 5.02 Å². The van der Waals surface area contributed by atoms with Gasteiger partial charge in [0.1, 0.15) is 0 Å². The Morgan fingerprint density at radius 1 is 1.50 bits per heavy atom. The normalized spacial score (nSPS) is 24.0. The Balaban J connectivity index is 1.83. The Labute approximate surface area is 129 Å². The van der Waals surface area contributed by atoms with Crippen molar-refractivity contribution in [2.45, 2.75) is 24.9 Å². The molecule has 5 heteroatoms. The molecule has 0 heterocycles. The molecule has 1 fully saturated rings. The molecule has 0 bridgehead atoms. The average molecular weight is 314 g/mol. The van der Waals surface area contributed by atoms with Crippen molar-refractivity contribution < 1.29 is 9.90 Å². The first-order valence-electron chi connectivity index (χ1n) is 6.67. The van der Waals surface area contributed by atoms with E-state index >= 15 is 0 Å². The SMILES string of the molecule is CSC[C@@](C)(O)CNC(=O)[C@@H]1C[C@@H]1c1ccc(Cl)cc1. The van der Waals surface area contributed by atoms with Gasteiger partial charge in [0, 0.05) is 23.2 Å². The van der Waals surface area contributed by atoms with Crippen molar-refractivity contribution >= 4 is 29.3 Å². The van der Waals surface area contributed by atoms with Gasteiger partial charge < -0.3 is 10.4 Å². The summed E-state index contributed by atoms with van der Waals surface area (Å²) in [6.45, 7) is 2.05. The van der Waals surface area contributed by atoms with Gasteiger partial charge in [-0.2, -0.15) is 11.8 Å². The number of hydrogen-bond donors (Lipinski definition) is 2. The third-order valence-corrected chi connectivity index (χ3v) is 4.69. The molecule has 0 aromatic heterocycles. The molecule has 1 aromatic rings. The predicted octanol–water partition coefficient (Wildman–Crippen LogP) is 2.67. The fraction of sp³-hybridized carbons (Fsp3) is 0.533. The molecular formula is C15H20ClNO2S. The molecule has 3 atom stereocenters. The van der Waals surface area contributed by atoms with E-state index in [1.165, 1.54) is 0 Å². The van der Waals surface area contributed by atoms with E-state index in [-0.39, 0.29) is 17.7 Å². The molecule has 2 N–H and O–H groups in total. The highest BCUT2D eigenvalue weighted by molar-refractivity contribution is 7.98. The van der Waals surface area contributed by atoms with Gasteiger partial charge in [0.05, 0.1) is 5.60 Å². The van der Waals surface area contributed by atoms with Gasteiger partial charge in [-0.3, -0.25) is 4.79 Å². The fourth-order valence-corrected chi connectivity index (χ4v) is 3.18. The lowest BCUT2D eigenvalue weighted by Crippen LogP contribution is -2.43. The Morgan fingerprint density at radius 3 is 2.75 bits per heavy atom. The van der Waals surface area contributed by atoms with E-state index < -0.39 is 5.60 Å². The zero-order valence-electron chi connectivity index (χ0n) is 11.7. The average Bonchev–Trinajstić information content (AvgIpc) is 3.17. The molecule has 1 saturated carbocycles. The molecule has 0 saturated heterocycles. The zero-order chi connectivity index (χ0) is 14.8. The van der Waals surface area contributed by atoms with Gasteiger partial charge in [-0.25, -0.2) is 0 Å². The molecule has 0 aliphatic heterocycles. The molecule has 110 valence electrons. The molecule has 1 amide bonds.